The molecule has 4 nitrogen and oxygen atoms in total. The fourth-order valence-electron chi connectivity index (χ4n) is 3.35. The summed E-state index contributed by atoms with van der Waals surface area (Å²) in [5, 5.41) is 3.12. The molecule has 0 aromatic rings. The maximum Gasteiger partial charge on any atom is 0.325 e. The number of hydrogen-bond donors (Lipinski definition) is 1. The summed E-state index contributed by atoms with van der Waals surface area (Å²) in [5.41, 5.74) is -0.562. The van der Waals surface area contributed by atoms with Crippen molar-refractivity contribution in [2.24, 2.45) is 5.92 Å². The Morgan fingerprint density at radius 3 is 2.48 bits per heavy atom. The predicted molar refractivity (Wildman–Crippen MR) is 87.4 cm³/mol. The van der Waals surface area contributed by atoms with Gasteiger partial charge in [-0.2, -0.15) is 0 Å². The number of carbonyl (C=O) groups excluding carboxylic acids is 1. The molecule has 0 aliphatic heterocycles. The zero-order chi connectivity index (χ0) is 15.9. The van der Waals surface area contributed by atoms with Crippen LogP contribution < -0.4 is 5.32 Å². The summed E-state index contributed by atoms with van der Waals surface area (Å²) in [5.74, 6) is 0.531. The Morgan fingerprint density at radius 2 is 2.00 bits per heavy atom. The average Bonchev–Trinajstić information content (AvgIpc) is 2.98. The van der Waals surface area contributed by atoms with Gasteiger partial charge in [0.25, 0.3) is 0 Å². The molecule has 1 rings (SSSR count). The number of rotatable bonds is 9. The molecule has 0 radical (unpaired) electrons. The molecule has 0 saturated heterocycles. The van der Waals surface area contributed by atoms with Crippen LogP contribution in [-0.4, -0.2) is 49.7 Å². The van der Waals surface area contributed by atoms with Gasteiger partial charge in [0.1, 0.15) is 5.54 Å². The molecule has 124 valence electrons. The lowest BCUT2D eigenvalue weighted by Gasteiger charge is -2.32. The van der Waals surface area contributed by atoms with E-state index >= 15 is 0 Å². The van der Waals surface area contributed by atoms with Crippen molar-refractivity contribution < 1.29 is 9.53 Å². The van der Waals surface area contributed by atoms with Gasteiger partial charge in [-0.15, -0.1) is 0 Å². The number of nitrogens with zero attached hydrogens (tertiary/aromatic N) is 1. The van der Waals surface area contributed by atoms with E-state index in [0.29, 0.717) is 5.92 Å². The second-order valence-electron chi connectivity index (χ2n) is 7.00. The van der Waals surface area contributed by atoms with Crippen molar-refractivity contribution in [1.29, 1.82) is 0 Å². The molecule has 1 aliphatic rings. The molecule has 1 saturated carbocycles. The summed E-state index contributed by atoms with van der Waals surface area (Å²) in [4.78, 5) is 14.5. The average molecular weight is 298 g/mol. The number of hydrogen-bond acceptors (Lipinski definition) is 4. The number of carbonyl (C=O) groups is 1. The standard InChI is InChI=1S/C17H34N2O2/c1-14(2)13-19(15-9-6-7-10-15)12-8-11-17(3,18-4)16(20)21-5/h14-15,18H,6-13H2,1-5H3. The minimum atomic E-state index is -0.562. The number of nitrogens with one attached hydrogen (secondary N) is 1. The van der Waals surface area contributed by atoms with Crippen LogP contribution in [0.1, 0.15) is 59.3 Å². The second kappa shape index (κ2) is 8.74. The topological polar surface area (TPSA) is 41.6 Å². The molecule has 1 unspecified atom stereocenters. The van der Waals surface area contributed by atoms with E-state index in [2.05, 4.69) is 24.1 Å². The fraction of sp³-hybridized carbons (Fsp3) is 0.941. The van der Waals surface area contributed by atoms with Crippen LogP contribution in [0.4, 0.5) is 0 Å². The van der Waals surface area contributed by atoms with Crippen LogP contribution in [0.5, 0.6) is 0 Å². The van der Waals surface area contributed by atoms with Crippen molar-refractivity contribution >= 4 is 5.97 Å². The van der Waals surface area contributed by atoms with Gasteiger partial charge >= 0.3 is 5.97 Å². The molecule has 1 N–H and O–H groups in total. The third-order valence-electron chi connectivity index (χ3n) is 4.75. The minimum Gasteiger partial charge on any atom is -0.468 e. The van der Waals surface area contributed by atoms with Crippen molar-refractivity contribution in [3.8, 4) is 0 Å². The SMILES string of the molecule is CNC(C)(CCCN(CC(C)C)C1CCCC1)C(=O)OC. The molecular formula is C17H34N2O2. The third-order valence-corrected chi connectivity index (χ3v) is 4.75. The molecule has 0 bridgehead atoms. The molecule has 1 atom stereocenters. The number of likely N-dealkylation sites (N-methyl/N-ethyl adjacent to an activating group) is 1. The first kappa shape index (κ1) is 18.4. The number of ether oxygens (including phenoxy) is 1. The van der Waals surface area contributed by atoms with Crippen LogP contribution in [0, 0.1) is 5.92 Å². The maximum atomic E-state index is 11.9. The monoisotopic (exact) mass is 298 g/mol. The zero-order valence-corrected chi connectivity index (χ0v) is 14.6. The summed E-state index contributed by atoms with van der Waals surface area (Å²) >= 11 is 0. The number of methoxy groups -OCH3 is 1. The Morgan fingerprint density at radius 1 is 1.38 bits per heavy atom. The predicted octanol–water partition coefficient (Wildman–Crippen LogP) is 2.82. The van der Waals surface area contributed by atoms with Crippen LogP contribution >= 0.6 is 0 Å². The lowest BCUT2D eigenvalue weighted by Crippen LogP contribution is -2.49. The highest BCUT2D eigenvalue weighted by atomic mass is 16.5. The van der Waals surface area contributed by atoms with Crippen molar-refractivity contribution in [1.82, 2.24) is 10.2 Å². The van der Waals surface area contributed by atoms with Gasteiger partial charge in [0.15, 0.2) is 0 Å². The van der Waals surface area contributed by atoms with Crippen molar-refractivity contribution in [3.63, 3.8) is 0 Å². The van der Waals surface area contributed by atoms with Gasteiger partial charge in [0, 0.05) is 12.6 Å². The molecule has 0 heterocycles. The maximum absolute atomic E-state index is 11.9. The Kier molecular flexibility index (Phi) is 7.67. The molecule has 21 heavy (non-hydrogen) atoms. The van der Waals surface area contributed by atoms with Gasteiger partial charge in [-0.3, -0.25) is 4.79 Å². The van der Waals surface area contributed by atoms with Crippen molar-refractivity contribution in [3.05, 3.63) is 0 Å². The van der Waals surface area contributed by atoms with E-state index in [4.69, 9.17) is 4.74 Å². The first-order valence-electron chi connectivity index (χ1n) is 8.44. The lowest BCUT2D eigenvalue weighted by molar-refractivity contribution is -0.148. The van der Waals surface area contributed by atoms with Crippen LogP contribution in [0.15, 0.2) is 0 Å². The molecule has 0 aromatic carbocycles. The Hall–Kier alpha value is -0.610. The second-order valence-corrected chi connectivity index (χ2v) is 7.00. The van der Waals surface area contributed by atoms with E-state index in [1.54, 1.807) is 0 Å². The number of esters is 1. The molecule has 4 heteroatoms. The smallest absolute Gasteiger partial charge is 0.325 e. The van der Waals surface area contributed by atoms with Gasteiger partial charge < -0.3 is 15.0 Å². The highest BCUT2D eigenvalue weighted by Crippen LogP contribution is 2.25. The van der Waals surface area contributed by atoms with Crippen LogP contribution in [-0.2, 0) is 9.53 Å². The van der Waals surface area contributed by atoms with Crippen LogP contribution in [0.3, 0.4) is 0 Å². The minimum absolute atomic E-state index is 0.165. The van der Waals surface area contributed by atoms with E-state index in [1.165, 1.54) is 39.3 Å². The van der Waals surface area contributed by atoms with Crippen molar-refractivity contribution in [2.75, 3.05) is 27.2 Å². The molecule has 1 fully saturated rings. The van der Waals surface area contributed by atoms with Gasteiger partial charge in [-0.05, 0) is 52.1 Å². The Bertz CT molecular complexity index is 314. The zero-order valence-electron chi connectivity index (χ0n) is 14.6. The summed E-state index contributed by atoms with van der Waals surface area (Å²) < 4.78 is 4.91. The third kappa shape index (κ3) is 5.59. The molecule has 0 amide bonds. The molecule has 0 aromatic heterocycles. The quantitative estimate of drug-likeness (QED) is 0.665. The van der Waals surface area contributed by atoms with Crippen LogP contribution in [0.25, 0.3) is 0 Å². The van der Waals surface area contributed by atoms with E-state index in [-0.39, 0.29) is 5.97 Å². The molecule has 0 spiro atoms. The van der Waals surface area contributed by atoms with Gasteiger partial charge in [-0.1, -0.05) is 26.7 Å². The highest BCUT2D eigenvalue weighted by Gasteiger charge is 2.32. The van der Waals surface area contributed by atoms with E-state index < -0.39 is 5.54 Å². The van der Waals surface area contributed by atoms with Gasteiger partial charge in [-0.25, -0.2) is 0 Å². The Labute approximate surface area is 130 Å². The first-order valence-corrected chi connectivity index (χ1v) is 8.44. The molecular weight excluding hydrogens is 264 g/mol. The highest BCUT2D eigenvalue weighted by molar-refractivity contribution is 5.80. The Balaban J connectivity index is 2.50. The van der Waals surface area contributed by atoms with E-state index in [9.17, 15) is 4.79 Å². The largest absolute Gasteiger partial charge is 0.468 e. The van der Waals surface area contributed by atoms with Crippen LogP contribution in [0.2, 0.25) is 0 Å². The van der Waals surface area contributed by atoms with E-state index in [1.807, 2.05) is 14.0 Å². The summed E-state index contributed by atoms with van der Waals surface area (Å²) in [6.45, 7) is 8.75. The lowest BCUT2D eigenvalue weighted by atomic mass is 9.95. The normalized spacial score (nSPS) is 19.2. The first-order chi connectivity index (χ1) is 9.92. The van der Waals surface area contributed by atoms with E-state index in [0.717, 1.165) is 25.4 Å². The summed E-state index contributed by atoms with van der Waals surface area (Å²) in [6.07, 6.45) is 7.26. The fourth-order valence-corrected chi connectivity index (χ4v) is 3.35. The summed E-state index contributed by atoms with van der Waals surface area (Å²) in [6, 6.07) is 0.756. The van der Waals surface area contributed by atoms with Gasteiger partial charge in [0.2, 0.25) is 0 Å². The summed E-state index contributed by atoms with van der Waals surface area (Å²) in [7, 11) is 3.29. The van der Waals surface area contributed by atoms with Gasteiger partial charge in [0.05, 0.1) is 7.11 Å². The van der Waals surface area contributed by atoms with Crippen molar-refractivity contribution in [2.45, 2.75) is 70.9 Å². The molecule has 1 aliphatic carbocycles.